The van der Waals surface area contributed by atoms with Crippen molar-refractivity contribution >= 4 is 97.6 Å². The molecule has 0 aliphatic heterocycles. The summed E-state index contributed by atoms with van der Waals surface area (Å²) in [4.78, 5) is 1.27. The van der Waals surface area contributed by atoms with E-state index in [1.807, 2.05) is 11.3 Å². The second-order valence-electron chi connectivity index (χ2n) is 15.5. The van der Waals surface area contributed by atoms with Crippen molar-refractivity contribution in [2.75, 3.05) is 0 Å². The summed E-state index contributed by atoms with van der Waals surface area (Å²) in [6, 6.07) is 70.1. The van der Waals surface area contributed by atoms with Crippen molar-refractivity contribution in [2.45, 2.75) is 0 Å². The van der Waals surface area contributed by atoms with E-state index in [9.17, 15) is 0 Å². The van der Waals surface area contributed by atoms with E-state index in [1.165, 1.54) is 75.3 Å². The van der Waals surface area contributed by atoms with Crippen molar-refractivity contribution in [3.63, 3.8) is 0 Å². The predicted octanol–water partition coefficient (Wildman–Crippen LogP) is 16.8. The Morgan fingerprint density at radius 1 is 0.322 bits per heavy atom. The van der Waals surface area contributed by atoms with Crippen LogP contribution >= 0.6 is 11.3 Å². The third-order valence-electron chi connectivity index (χ3n) is 12.3. The van der Waals surface area contributed by atoms with Crippen LogP contribution < -0.4 is 0 Å². The Balaban J connectivity index is 1.06. The van der Waals surface area contributed by atoms with Crippen LogP contribution in [-0.4, -0.2) is 0 Å². The average Bonchev–Trinajstić information content (AvgIpc) is 3.99. The van der Waals surface area contributed by atoms with E-state index in [-0.39, 0.29) is 0 Å². The molecule has 10 aromatic carbocycles. The molecule has 0 atom stereocenters. The maximum atomic E-state index is 6.69. The molecule has 0 aliphatic carbocycles. The third-order valence-corrected chi connectivity index (χ3v) is 13.5. The van der Waals surface area contributed by atoms with Crippen molar-refractivity contribution < 1.29 is 8.83 Å². The lowest BCUT2D eigenvalue weighted by molar-refractivity contribution is 0.669. The maximum absolute atomic E-state index is 6.69. The van der Waals surface area contributed by atoms with Gasteiger partial charge in [-0.15, -0.1) is 11.3 Å². The average molecular weight is 769 g/mol. The first-order chi connectivity index (χ1) is 29.3. The molecule has 3 heteroatoms. The second-order valence-corrected chi connectivity index (χ2v) is 16.5. The van der Waals surface area contributed by atoms with Gasteiger partial charge < -0.3 is 8.83 Å². The van der Waals surface area contributed by atoms with Crippen LogP contribution in [0.3, 0.4) is 0 Å². The van der Waals surface area contributed by atoms with Crippen molar-refractivity contribution in [1.29, 1.82) is 0 Å². The van der Waals surface area contributed by atoms with Crippen LogP contribution in [0.15, 0.2) is 203 Å². The molecule has 13 rings (SSSR count). The molecule has 0 radical (unpaired) electrons. The predicted molar refractivity (Wildman–Crippen MR) is 251 cm³/mol. The van der Waals surface area contributed by atoms with Crippen molar-refractivity contribution in [3.8, 4) is 43.8 Å². The number of fused-ring (bicyclic) bond motifs is 11. The highest BCUT2D eigenvalue weighted by Crippen LogP contribution is 2.50. The van der Waals surface area contributed by atoms with Crippen molar-refractivity contribution in [3.05, 3.63) is 194 Å². The molecule has 59 heavy (non-hydrogen) atoms. The van der Waals surface area contributed by atoms with Gasteiger partial charge in [0, 0.05) is 47.5 Å². The van der Waals surface area contributed by atoms with Crippen LogP contribution in [-0.2, 0) is 0 Å². The Bertz CT molecular complexity index is 3770. The lowest BCUT2D eigenvalue weighted by Crippen LogP contribution is -1.91. The van der Waals surface area contributed by atoms with Crippen LogP contribution in [0, 0.1) is 0 Å². The highest BCUT2D eigenvalue weighted by atomic mass is 32.1. The van der Waals surface area contributed by atoms with Gasteiger partial charge in [0.05, 0.1) is 0 Å². The summed E-state index contributed by atoms with van der Waals surface area (Å²) >= 11 is 1.83. The maximum Gasteiger partial charge on any atom is 0.143 e. The van der Waals surface area contributed by atoms with Crippen molar-refractivity contribution in [2.24, 2.45) is 0 Å². The smallest absolute Gasteiger partial charge is 0.143 e. The largest absolute Gasteiger partial charge is 0.456 e. The van der Waals surface area contributed by atoms with E-state index in [2.05, 4.69) is 194 Å². The fraction of sp³-hybridized carbons (Fsp3) is 0. The Morgan fingerprint density at radius 2 is 0.966 bits per heavy atom. The van der Waals surface area contributed by atoms with E-state index in [0.717, 1.165) is 54.8 Å². The molecule has 0 spiro atoms. The SMILES string of the molecule is c1ccc(-c2sc3cc4oc5ccc(-c6c7ccccc7c(-c7cccc8oc9c%10ccccc%10ccc9c78)c7ccccc67)cc5c4cc3c2-c2ccccc2)cc1. The Morgan fingerprint density at radius 3 is 1.71 bits per heavy atom. The highest BCUT2D eigenvalue weighted by molar-refractivity contribution is 7.23. The van der Waals surface area contributed by atoms with Crippen LogP contribution in [0.2, 0.25) is 0 Å². The zero-order valence-electron chi connectivity index (χ0n) is 31.7. The molecule has 0 amide bonds. The summed E-state index contributed by atoms with van der Waals surface area (Å²) in [6.45, 7) is 0. The zero-order valence-corrected chi connectivity index (χ0v) is 32.5. The molecule has 3 heterocycles. The van der Waals surface area contributed by atoms with Gasteiger partial charge in [0.25, 0.3) is 0 Å². The van der Waals surface area contributed by atoms with Gasteiger partial charge in [0.2, 0.25) is 0 Å². The lowest BCUT2D eigenvalue weighted by Gasteiger charge is -2.18. The van der Waals surface area contributed by atoms with Gasteiger partial charge in [-0.3, -0.25) is 0 Å². The molecule has 2 nitrogen and oxygen atoms in total. The number of hydrogen-bond donors (Lipinski definition) is 0. The molecule has 274 valence electrons. The zero-order chi connectivity index (χ0) is 38.6. The fourth-order valence-electron chi connectivity index (χ4n) is 9.70. The van der Waals surface area contributed by atoms with Crippen LogP contribution in [0.4, 0.5) is 0 Å². The minimum Gasteiger partial charge on any atom is -0.456 e. The topological polar surface area (TPSA) is 26.3 Å². The Labute approximate surface area is 342 Å². The highest BCUT2D eigenvalue weighted by Gasteiger charge is 2.23. The summed E-state index contributed by atoms with van der Waals surface area (Å²) in [7, 11) is 0. The monoisotopic (exact) mass is 768 g/mol. The van der Waals surface area contributed by atoms with E-state index >= 15 is 0 Å². The van der Waals surface area contributed by atoms with Crippen molar-refractivity contribution in [1.82, 2.24) is 0 Å². The van der Waals surface area contributed by atoms with E-state index < -0.39 is 0 Å². The number of benzene rings is 10. The number of rotatable bonds is 4. The number of thiophene rings is 1. The van der Waals surface area contributed by atoms with Gasteiger partial charge in [-0.2, -0.15) is 0 Å². The standard InChI is InChI=1S/C56H32O2S/c1-3-15-34(16-4-1)52-46-31-45-44-30-36(27-29-47(44)57-49(45)32-50(46)59-56(52)35-17-5-2-6-18-35)51-38-20-9-11-22-40(38)53(41-23-12-10-21-39(41)51)42-24-13-25-48-54(42)43-28-26-33-14-7-8-19-37(33)55(43)58-48/h1-32H. The summed E-state index contributed by atoms with van der Waals surface area (Å²) in [6.07, 6.45) is 0. The van der Waals surface area contributed by atoms with Gasteiger partial charge in [0.1, 0.15) is 22.3 Å². The van der Waals surface area contributed by atoms with Gasteiger partial charge in [-0.05, 0) is 96.7 Å². The summed E-state index contributed by atoms with van der Waals surface area (Å²) in [5.41, 5.74) is 12.1. The van der Waals surface area contributed by atoms with Gasteiger partial charge in [-0.25, -0.2) is 0 Å². The number of hydrogen-bond acceptors (Lipinski definition) is 3. The van der Waals surface area contributed by atoms with E-state index in [4.69, 9.17) is 8.83 Å². The number of furan rings is 2. The molecule has 0 aliphatic rings. The van der Waals surface area contributed by atoms with Gasteiger partial charge >= 0.3 is 0 Å². The molecule has 0 N–H and O–H groups in total. The van der Waals surface area contributed by atoms with Gasteiger partial charge in [0.15, 0.2) is 0 Å². The van der Waals surface area contributed by atoms with E-state index in [0.29, 0.717) is 0 Å². The Kier molecular flexibility index (Phi) is 6.92. The second kappa shape index (κ2) is 12.5. The molecule has 3 aromatic heterocycles. The summed E-state index contributed by atoms with van der Waals surface area (Å²) in [5.74, 6) is 0. The summed E-state index contributed by atoms with van der Waals surface area (Å²) < 4.78 is 14.6. The minimum atomic E-state index is 0.891. The first kappa shape index (κ1) is 32.6. The first-order valence-corrected chi connectivity index (χ1v) is 20.9. The molecule has 0 bridgehead atoms. The molecule has 0 saturated carbocycles. The molecule has 0 unspecified atom stereocenters. The van der Waals surface area contributed by atoms with Crippen LogP contribution in [0.25, 0.3) is 130 Å². The molecule has 0 saturated heterocycles. The minimum absolute atomic E-state index is 0.891. The summed E-state index contributed by atoms with van der Waals surface area (Å²) in [5, 5.41) is 12.9. The third kappa shape index (κ3) is 4.80. The molecule has 13 aromatic rings. The lowest BCUT2D eigenvalue weighted by atomic mass is 9.84. The Hall–Kier alpha value is -7.46. The van der Waals surface area contributed by atoms with Gasteiger partial charge in [-0.1, -0.05) is 158 Å². The molecule has 0 fully saturated rings. The molecular formula is C56H32O2S. The molecular weight excluding hydrogens is 737 g/mol. The van der Waals surface area contributed by atoms with Crippen LogP contribution in [0.1, 0.15) is 0 Å². The quantitative estimate of drug-likeness (QED) is 0.167. The first-order valence-electron chi connectivity index (χ1n) is 20.1. The van der Waals surface area contributed by atoms with Crippen LogP contribution in [0.5, 0.6) is 0 Å². The fourth-order valence-corrected chi connectivity index (χ4v) is 10.9. The normalized spacial score (nSPS) is 12.1. The van der Waals surface area contributed by atoms with E-state index in [1.54, 1.807) is 0 Å².